The summed E-state index contributed by atoms with van der Waals surface area (Å²) in [6.07, 6.45) is 8.03. The first-order valence-corrected chi connectivity index (χ1v) is 9.05. The summed E-state index contributed by atoms with van der Waals surface area (Å²) in [5.74, 6) is 0.342. The lowest BCUT2D eigenvalue weighted by Crippen LogP contribution is -2.46. The van der Waals surface area contributed by atoms with Crippen LogP contribution in [0, 0.1) is 10.8 Å². The molecule has 4 heteroatoms. The Balaban J connectivity index is 1.52. The number of carbonyl (C=O) groups is 1. The van der Waals surface area contributed by atoms with Gasteiger partial charge in [-0.05, 0) is 62.4 Å². The van der Waals surface area contributed by atoms with Crippen molar-refractivity contribution in [1.29, 1.82) is 0 Å². The molecule has 3 heterocycles. The molecule has 126 valence electrons. The van der Waals surface area contributed by atoms with Gasteiger partial charge in [-0.15, -0.1) is 0 Å². The number of likely N-dealkylation sites (tertiary alicyclic amines) is 2. The third-order valence-electron chi connectivity index (χ3n) is 6.49. The molecule has 0 radical (unpaired) electrons. The lowest BCUT2D eigenvalue weighted by atomic mass is 9.72. The molecule has 22 heavy (non-hydrogen) atoms. The summed E-state index contributed by atoms with van der Waals surface area (Å²) in [6, 6.07) is 0. The Morgan fingerprint density at radius 2 is 1.64 bits per heavy atom. The molecule has 0 atom stereocenters. The normalized spacial score (nSPS) is 29.5. The highest BCUT2D eigenvalue weighted by molar-refractivity contribution is 5.76. The van der Waals surface area contributed by atoms with E-state index in [-0.39, 0.29) is 0 Å². The first-order chi connectivity index (χ1) is 10.5. The maximum atomic E-state index is 11.9. The topological polar surface area (TPSA) is 32.8 Å². The van der Waals surface area contributed by atoms with E-state index >= 15 is 0 Å². The molecule has 3 saturated heterocycles. The molecule has 0 saturated carbocycles. The molecular weight excluding hydrogens is 276 g/mol. The summed E-state index contributed by atoms with van der Waals surface area (Å²) >= 11 is 0. The minimum absolute atomic E-state index is 0.342. The van der Waals surface area contributed by atoms with Crippen molar-refractivity contribution in [2.75, 3.05) is 46.4 Å². The Bertz CT molecular complexity index is 396. The van der Waals surface area contributed by atoms with Crippen LogP contribution in [0.4, 0.5) is 0 Å². The fraction of sp³-hybridized carbons (Fsp3) is 0.944. The van der Waals surface area contributed by atoms with E-state index < -0.39 is 0 Å². The number of rotatable bonds is 2. The maximum Gasteiger partial charge on any atom is 0.222 e. The average Bonchev–Trinajstić information content (AvgIpc) is 2.65. The first kappa shape index (κ1) is 16.3. The zero-order valence-corrected chi connectivity index (χ0v) is 14.4. The molecule has 1 amide bonds. The van der Waals surface area contributed by atoms with E-state index in [1.165, 1.54) is 51.7 Å². The number of piperidine rings is 1. The van der Waals surface area contributed by atoms with Crippen LogP contribution in [-0.2, 0) is 9.53 Å². The van der Waals surface area contributed by atoms with Crippen LogP contribution in [0.2, 0.25) is 0 Å². The molecule has 4 nitrogen and oxygen atoms in total. The minimum Gasteiger partial charge on any atom is -0.381 e. The van der Waals surface area contributed by atoms with Gasteiger partial charge < -0.3 is 14.5 Å². The number of amides is 1. The second-order valence-corrected chi connectivity index (χ2v) is 8.26. The highest BCUT2D eigenvalue weighted by Crippen LogP contribution is 2.42. The van der Waals surface area contributed by atoms with E-state index in [1.807, 2.05) is 11.9 Å². The fourth-order valence-electron chi connectivity index (χ4n) is 4.47. The summed E-state index contributed by atoms with van der Waals surface area (Å²) in [7, 11) is 1.96. The third-order valence-corrected chi connectivity index (χ3v) is 6.49. The van der Waals surface area contributed by atoms with Gasteiger partial charge in [-0.3, -0.25) is 4.79 Å². The van der Waals surface area contributed by atoms with Gasteiger partial charge in [0.1, 0.15) is 0 Å². The Morgan fingerprint density at radius 1 is 1.00 bits per heavy atom. The predicted octanol–water partition coefficient (Wildman–Crippen LogP) is 2.53. The molecule has 3 fully saturated rings. The van der Waals surface area contributed by atoms with E-state index in [9.17, 15) is 4.79 Å². The van der Waals surface area contributed by atoms with Gasteiger partial charge in [-0.2, -0.15) is 0 Å². The van der Waals surface area contributed by atoms with E-state index in [0.717, 1.165) is 32.6 Å². The van der Waals surface area contributed by atoms with Gasteiger partial charge in [0.25, 0.3) is 0 Å². The largest absolute Gasteiger partial charge is 0.381 e. The zero-order chi connectivity index (χ0) is 15.6. The van der Waals surface area contributed by atoms with Crippen molar-refractivity contribution in [3.05, 3.63) is 0 Å². The third kappa shape index (κ3) is 3.65. The molecule has 0 unspecified atom stereocenters. The summed E-state index contributed by atoms with van der Waals surface area (Å²) in [5.41, 5.74) is 0.885. The Hall–Kier alpha value is -0.610. The van der Waals surface area contributed by atoms with Crippen molar-refractivity contribution in [3.63, 3.8) is 0 Å². The molecule has 0 aliphatic carbocycles. The first-order valence-electron chi connectivity index (χ1n) is 9.05. The fourth-order valence-corrected chi connectivity index (χ4v) is 4.47. The molecule has 3 aliphatic heterocycles. The quantitative estimate of drug-likeness (QED) is 0.786. The Labute approximate surface area is 135 Å². The van der Waals surface area contributed by atoms with Crippen molar-refractivity contribution >= 4 is 5.91 Å². The van der Waals surface area contributed by atoms with Gasteiger partial charge in [-0.1, -0.05) is 6.92 Å². The van der Waals surface area contributed by atoms with Crippen LogP contribution in [0.25, 0.3) is 0 Å². The Morgan fingerprint density at radius 3 is 2.32 bits per heavy atom. The summed E-state index contributed by atoms with van der Waals surface area (Å²) < 4.78 is 5.52. The van der Waals surface area contributed by atoms with Crippen molar-refractivity contribution in [2.45, 2.75) is 51.9 Å². The highest BCUT2D eigenvalue weighted by Gasteiger charge is 2.39. The van der Waals surface area contributed by atoms with Gasteiger partial charge in [0.15, 0.2) is 0 Å². The molecule has 3 aliphatic rings. The number of ether oxygens (including phenoxy) is 1. The number of carbonyl (C=O) groups excluding carboxylic acids is 1. The predicted molar refractivity (Wildman–Crippen MR) is 87.8 cm³/mol. The molecule has 0 aromatic rings. The van der Waals surface area contributed by atoms with Gasteiger partial charge in [0.05, 0.1) is 0 Å². The second kappa shape index (κ2) is 6.48. The van der Waals surface area contributed by atoms with Crippen molar-refractivity contribution in [1.82, 2.24) is 9.80 Å². The number of hydrogen-bond acceptors (Lipinski definition) is 3. The smallest absolute Gasteiger partial charge is 0.222 e. The van der Waals surface area contributed by atoms with Gasteiger partial charge >= 0.3 is 0 Å². The van der Waals surface area contributed by atoms with Crippen LogP contribution < -0.4 is 0 Å². The van der Waals surface area contributed by atoms with Gasteiger partial charge in [-0.25, -0.2) is 0 Å². The highest BCUT2D eigenvalue weighted by atomic mass is 16.5. The van der Waals surface area contributed by atoms with E-state index in [1.54, 1.807) is 0 Å². The SMILES string of the molecule is CN1CCC2(CCC1=O)CCN(CC1(C)CCOCC1)CC2. The van der Waals surface area contributed by atoms with Gasteiger partial charge in [0, 0.05) is 39.8 Å². The molecule has 3 rings (SSSR count). The van der Waals surface area contributed by atoms with Crippen molar-refractivity contribution in [2.24, 2.45) is 10.8 Å². The Kier molecular flexibility index (Phi) is 4.79. The van der Waals surface area contributed by atoms with Crippen molar-refractivity contribution < 1.29 is 9.53 Å². The van der Waals surface area contributed by atoms with Crippen LogP contribution in [0.1, 0.15) is 51.9 Å². The minimum atomic E-state index is 0.342. The number of nitrogens with zero attached hydrogens (tertiary/aromatic N) is 2. The molecular formula is C18H32N2O2. The van der Waals surface area contributed by atoms with Crippen LogP contribution in [0.5, 0.6) is 0 Å². The lowest BCUT2D eigenvalue weighted by Gasteiger charge is -2.45. The number of hydrogen-bond donors (Lipinski definition) is 0. The van der Waals surface area contributed by atoms with E-state index in [0.29, 0.717) is 16.7 Å². The molecule has 0 aromatic heterocycles. The second-order valence-electron chi connectivity index (χ2n) is 8.26. The lowest BCUT2D eigenvalue weighted by molar-refractivity contribution is -0.129. The van der Waals surface area contributed by atoms with Crippen LogP contribution in [-0.4, -0.2) is 62.1 Å². The maximum absolute atomic E-state index is 11.9. The van der Waals surface area contributed by atoms with Crippen molar-refractivity contribution in [3.8, 4) is 0 Å². The molecule has 0 bridgehead atoms. The van der Waals surface area contributed by atoms with E-state index in [4.69, 9.17) is 4.74 Å². The average molecular weight is 308 g/mol. The van der Waals surface area contributed by atoms with E-state index in [2.05, 4.69) is 11.8 Å². The van der Waals surface area contributed by atoms with Crippen LogP contribution >= 0.6 is 0 Å². The molecule has 1 spiro atoms. The van der Waals surface area contributed by atoms with Crippen LogP contribution in [0.3, 0.4) is 0 Å². The standard InChI is InChI=1S/C18H32N2O2/c1-17(8-13-22-14-9-17)15-20-11-6-18(7-12-20)4-3-16(21)19(2)10-5-18/h3-15H2,1-2H3. The summed E-state index contributed by atoms with van der Waals surface area (Å²) in [6.45, 7) is 8.91. The molecule has 0 N–H and O–H groups in total. The monoisotopic (exact) mass is 308 g/mol. The zero-order valence-electron chi connectivity index (χ0n) is 14.4. The molecule has 0 aromatic carbocycles. The van der Waals surface area contributed by atoms with Gasteiger partial charge in [0.2, 0.25) is 5.91 Å². The summed E-state index contributed by atoms with van der Waals surface area (Å²) in [5, 5.41) is 0. The van der Waals surface area contributed by atoms with Crippen LogP contribution in [0.15, 0.2) is 0 Å². The summed E-state index contributed by atoms with van der Waals surface area (Å²) in [4.78, 5) is 16.5.